The minimum absolute atomic E-state index is 0.195. The molecule has 20 heavy (non-hydrogen) atoms. The molecular formula is C13H15N3O3S. The van der Waals surface area contributed by atoms with E-state index in [9.17, 15) is 13.6 Å². The summed E-state index contributed by atoms with van der Waals surface area (Å²) in [5.41, 5.74) is 1.22. The molecule has 0 bridgehead atoms. The van der Waals surface area contributed by atoms with Crippen molar-refractivity contribution in [1.29, 1.82) is 0 Å². The van der Waals surface area contributed by atoms with E-state index in [1.54, 1.807) is 19.2 Å². The maximum atomic E-state index is 12.4. The van der Waals surface area contributed by atoms with Crippen molar-refractivity contribution >= 4 is 28.6 Å². The molecule has 0 saturated carbocycles. The van der Waals surface area contributed by atoms with E-state index in [0.29, 0.717) is 18.1 Å². The smallest absolute Gasteiger partial charge is 0.262 e. The van der Waals surface area contributed by atoms with Crippen LogP contribution in [0.25, 0.3) is 0 Å². The van der Waals surface area contributed by atoms with Gasteiger partial charge in [0.25, 0.3) is 5.91 Å². The number of hydrogen-bond acceptors (Lipinski definition) is 4. The molecule has 0 saturated heterocycles. The predicted octanol–water partition coefficient (Wildman–Crippen LogP) is 1.31. The minimum atomic E-state index is -2.09. The quantitative estimate of drug-likeness (QED) is 0.834. The number of guanidine groups is 1. The van der Waals surface area contributed by atoms with Crippen LogP contribution in [-0.2, 0) is 11.1 Å². The summed E-state index contributed by atoms with van der Waals surface area (Å²) in [5.74, 6) is 0.464. The second-order valence-corrected chi connectivity index (χ2v) is 5.83. The Labute approximate surface area is 119 Å². The Morgan fingerprint density at radius 1 is 1.50 bits per heavy atom. The Bertz CT molecular complexity index is 644. The summed E-state index contributed by atoms with van der Waals surface area (Å²) in [5, 5.41) is 0. The van der Waals surface area contributed by atoms with Crippen molar-refractivity contribution in [2.45, 2.75) is 24.3 Å². The van der Waals surface area contributed by atoms with E-state index in [2.05, 4.69) is 11.9 Å². The van der Waals surface area contributed by atoms with Crippen LogP contribution in [0.4, 0.5) is 5.69 Å². The molecule has 106 valence electrons. The van der Waals surface area contributed by atoms with E-state index in [-0.39, 0.29) is 16.8 Å². The monoisotopic (exact) mass is 293 g/mol. The highest BCUT2D eigenvalue weighted by Crippen LogP contribution is 2.34. The van der Waals surface area contributed by atoms with Crippen LogP contribution in [0.15, 0.2) is 28.1 Å². The van der Waals surface area contributed by atoms with Gasteiger partial charge in [-0.3, -0.25) is 14.7 Å². The van der Waals surface area contributed by atoms with Gasteiger partial charge in [-0.2, -0.15) is 0 Å². The minimum Gasteiger partial charge on any atom is -0.306 e. The Hall–Kier alpha value is -1.73. The van der Waals surface area contributed by atoms with Crippen molar-refractivity contribution < 1.29 is 13.6 Å². The molecule has 0 fully saturated rings. The molecule has 2 aliphatic heterocycles. The van der Waals surface area contributed by atoms with Gasteiger partial charge in [-0.05, 0) is 24.6 Å². The SMILES string of the molecule is CC[C@@H]1CN=C2N(C)C(=O)c3cc(S(=O)O)ccc3N21. The maximum Gasteiger partial charge on any atom is 0.262 e. The number of benzene rings is 1. The van der Waals surface area contributed by atoms with E-state index in [4.69, 9.17) is 0 Å². The maximum absolute atomic E-state index is 12.4. The van der Waals surface area contributed by atoms with Gasteiger partial charge in [-0.1, -0.05) is 6.92 Å². The summed E-state index contributed by atoms with van der Waals surface area (Å²) >= 11 is -2.09. The van der Waals surface area contributed by atoms with Crippen molar-refractivity contribution in [2.75, 3.05) is 18.5 Å². The number of rotatable bonds is 2. The number of fused-ring (bicyclic) bond motifs is 3. The lowest BCUT2D eigenvalue weighted by molar-refractivity contribution is 0.0864. The van der Waals surface area contributed by atoms with E-state index >= 15 is 0 Å². The molecule has 6 nitrogen and oxygen atoms in total. The van der Waals surface area contributed by atoms with E-state index in [1.807, 2.05) is 4.90 Å². The molecule has 3 rings (SSSR count). The average Bonchev–Trinajstić information content (AvgIpc) is 2.88. The van der Waals surface area contributed by atoms with Gasteiger partial charge < -0.3 is 9.45 Å². The standard InChI is InChI=1S/C13H15N3O3S/c1-3-8-7-14-13-15(2)12(17)10-6-9(20(18)19)4-5-11(10)16(8)13/h4-6,8H,3,7H2,1-2H3,(H,18,19)/t8-/m1/s1. The van der Waals surface area contributed by atoms with Crippen LogP contribution in [-0.4, -0.2) is 45.2 Å². The van der Waals surface area contributed by atoms with Gasteiger partial charge in [-0.15, -0.1) is 0 Å². The lowest BCUT2D eigenvalue weighted by Crippen LogP contribution is -2.51. The third-order valence-electron chi connectivity index (χ3n) is 3.76. The fourth-order valence-corrected chi connectivity index (χ4v) is 3.07. The Balaban J connectivity index is 2.17. The molecule has 0 radical (unpaired) electrons. The second kappa shape index (κ2) is 4.68. The zero-order valence-corrected chi connectivity index (χ0v) is 12.1. The van der Waals surface area contributed by atoms with Crippen LogP contribution in [0, 0.1) is 0 Å². The van der Waals surface area contributed by atoms with Crippen molar-refractivity contribution in [3.05, 3.63) is 23.8 Å². The third kappa shape index (κ3) is 1.77. The van der Waals surface area contributed by atoms with Gasteiger partial charge in [0.05, 0.1) is 28.7 Å². The summed E-state index contributed by atoms with van der Waals surface area (Å²) in [6.45, 7) is 2.74. The summed E-state index contributed by atoms with van der Waals surface area (Å²) in [6.07, 6.45) is 0.919. The van der Waals surface area contributed by atoms with Gasteiger partial charge in [0.2, 0.25) is 5.96 Å². The number of aliphatic imine (C=N–C) groups is 1. The number of anilines is 1. The molecule has 0 spiro atoms. The van der Waals surface area contributed by atoms with Crippen molar-refractivity contribution in [3.63, 3.8) is 0 Å². The highest BCUT2D eigenvalue weighted by Gasteiger charge is 2.39. The zero-order valence-electron chi connectivity index (χ0n) is 11.2. The summed E-state index contributed by atoms with van der Waals surface area (Å²) in [7, 11) is 1.68. The molecule has 0 aliphatic carbocycles. The first-order valence-electron chi connectivity index (χ1n) is 6.41. The summed E-state index contributed by atoms with van der Waals surface area (Å²) in [4.78, 5) is 20.6. The third-order valence-corrected chi connectivity index (χ3v) is 4.42. The molecule has 1 aromatic carbocycles. The van der Waals surface area contributed by atoms with Crippen LogP contribution >= 0.6 is 0 Å². The molecule has 7 heteroatoms. The lowest BCUT2D eigenvalue weighted by Gasteiger charge is -2.36. The van der Waals surface area contributed by atoms with Crippen molar-refractivity contribution in [2.24, 2.45) is 4.99 Å². The highest BCUT2D eigenvalue weighted by molar-refractivity contribution is 7.79. The van der Waals surface area contributed by atoms with Gasteiger partial charge >= 0.3 is 0 Å². The molecule has 2 heterocycles. The summed E-state index contributed by atoms with van der Waals surface area (Å²) < 4.78 is 20.3. The number of carbonyl (C=O) groups is 1. The molecule has 1 amide bonds. The topological polar surface area (TPSA) is 73.2 Å². The molecule has 2 atom stereocenters. The van der Waals surface area contributed by atoms with Crippen molar-refractivity contribution in [3.8, 4) is 0 Å². The van der Waals surface area contributed by atoms with Gasteiger partial charge in [0, 0.05) is 7.05 Å². The van der Waals surface area contributed by atoms with Crippen molar-refractivity contribution in [1.82, 2.24) is 4.90 Å². The van der Waals surface area contributed by atoms with E-state index < -0.39 is 11.1 Å². The van der Waals surface area contributed by atoms with Gasteiger partial charge in [0.15, 0.2) is 11.1 Å². The molecule has 0 aromatic heterocycles. The van der Waals surface area contributed by atoms with Crippen LogP contribution < -0.4 is 4.90 Å². The van der Waals surface area contributed by atoms with Crippen LogP contribution in [0.5, 0.6) is 0 Å². The number of amides is 1. The molecule has 2 aliphatic rings. The molecule has 1 unspecified atom stereocenters. The Kier molecular flexibility index (Phi) is 3.10. The predicted molar refractivity (Wildman–Crippen MR) is 76.4 cm³/mol. The highest BCUT2D eigenvalue weighted by atomic mass is 32.2. The van der Waals surface area contributed by atoms with E-state index in [1.165, 1.54) is 11.0 Å². The number of nitrogens with zero attached hydrogens (tertiary/aromatic N) is 3. The Morgan fingerprint density at radius 2 is 2.25 bits per heavy atom. The first kappa shape index (κ1) is 13.3. The lowest BCUT2D eigenvalue weighted by atomic mass is 10.1. The van der Waals surface area contributed by atoms with Gasteiger partial charge in [-0.25, -0.2) is 4.21 Å². The van der Waals surface area contributed by atoms with Crippen LogP contribution in [0.3, 0.4) is 0 Å². The fraction of sp³-hybridized carbons (Fsp3) is 0.385. The second-order valence-electron chi connectivity index (χ2n) is 4.87. The van der Waals surface area contributed by atoms with Crippen LogP contribution in [0.1, 0.15) is 23.7 Å². The fourth-order valence-electron chi connectivity index (χ4n) is 2.67. The molecule has 1 N–H and O–H groups in total. The first-order valence-corrected chi connectivity index (χ1v) is 7.52. The summed E-state index contributed by atoms with van der Waals surface area (Å²) in [6, 6.07) is 5.03. The number of hydrogen-bond donors (Lipinski definition) is 1. The normalized spacial score (nSPS) is 22.4. The Morgan fingerprint density at radius 3 is 2.90 bits per heavy atom. The first-order chi connectivity index (χ1) is 9.54. The number of carbonyl (C=O) groups excluding carboxylic acids is 1. The molecular weight excluding hydrogens is 278 g/mol. The van der Waals surface area contributed by atoms with E-state index in [0.717, 1.165) is 12.1 Å². The molecule has 1 aromatic rings. The van der Waals surface area contributed by atoms with Crippen LogP contribution in [0.2, 0.25) is 0 Å². The largest absolute Gasteiger partial charge is 0.306 e. The average molecular weight is 293 g/mol. The van der Waals surface area contributed by atoms with Gasteiger partial charge in [0.1, 0.15) is 0 Å². The zero-order chi connectivity index (χ0) is 14.4.